The van der Waals surface area contributed by atoms with Crippen molar-refractivity contribution in [2.24, 2.45) is 10.9 Å². The summed E-state index contributed by atoms with van der Waals surface area (Å²) in [6.45, 7) is 5.80. The first-order valence-corrected chi connectivity index (χ1v) is 9.41. The number of ether oxygens (including phenoxy) is 1. The predicted molar refractivity (Wildman–Crippen MR) is 116 cm³/mol. The third-order valence-electron chi connectivity index (χ3n) is 4.63. The number of halogens is 4. The molecule has 9 heteroatoms. The number of hydrogen-bond acceptors (Lipinski definition) is 3. The van der Waals surface area contributed by atoms with Gasteiger partial charge in [0.2, 0.25) is 0 Å². The fourth-order valence-corrected chi connectivity index (χ4v) is 3.11. The van der Waals surface area contributed by atoms with Crippen molar-refractivity contribution in [3.63, 3.8) is 0 Å². The number of rotatable bonds is 7. The van der Waals surface area contributed by atoms with Crippen molar-refractivity contribution in [3.05, 3.63) is 29.8 Å². The van der Waals surface area contributed by atoms with Crippen molar-refractivity contribution in [2.75, 3.05) is 33.2 Å². The lowest BCUT2D eigenvalue weighted by Crippen LogP contribution is -2.39. The second kappa shape index (κ2) is 12.4. The molecule has 0 atom stereocenters. The predicted octanol–water partition coefficient (Wildman–Crippen LogP) is 3.99. The van der Waals surface area contributed by atoms with E-state index in [0.717, 1.165) is 26.1 Å². The average Bonchev–Trinajstić information content (AvgIpc) is 2.61. The van der Waals surface area contributed by atoms with E-state index in [1.54, 1.807) is 12.1 Å². The van der Waals surface area contributed by atoms with Gasteiger partial charge in [-0.1, -0.05) is 18.2 Å². The normalized spacial score (nSPS) is 16.4. The summed E-state index contributed by atoms with van der Waals surface area (Å²) in [6.07, 6.45) is -1.25. The van der Waals surface area contributed by atoms with Crippen LogP contribution in [-0.2, 0) is 6.54 Å². The molecule has 1 aromatic carbocycles. The molecule has 0 amide bonds. The number of alkyl halides is 3. The van der Waals surface area contributed by atoms with Crippen LogP contribution in [0.1, 0.15) is 31.7 Å². The van der Waals surface area contributed by atoms with E-state index < -0.39 is 6.36 Å². The Labute approximate surface area is 182 Å². The van der Waals surface area contributed by atoms with Crippen LogP contribution in [0.15, 0.2) is 29.3 Å². The molecule has 0 saturated carbocycles. The molecule has 0 spiro atoms. The number of nitrogens with zero attached hydrogens (tertiary/aromatic N) is 2. The summed E-state index contributed by atoms with van der Waals surface area (Å²) in [5, 5.41) is 6.41. The highest BCUT2D eigenvalue weighted by Crippen LogP contribution is 2.26. The number of hydrogen-bond donors (Lipinski definition) is 2. The summed E-state index contributed by atoms with van der Waals surface area (Å²) in [6, 6.07) is 6.08. The summed E-state index contributed by atoms with van der Waals surface area (Å²) in [4.78, 5) is 6.75. The molecule has 0 aliphatic carbocycles. The molecule has 160 valence electrons. The van der Waals surface area contributed by atoms with Gasteiger partial charge in [-0.15, -0.1) is 37.1 Å². The topological polar surface area (TPSA) is 48.9 Å². The molecule has 0 unspecified atom stereocenters. The van der Waals surface area contributed by atoms with Crippen LogP contribution in [0.5, 0.6) is 5.75 Å². The Morgan fingerprint density at radius 1 is 1.21 bits per heavy atom. The Kier molecular flexibility index (Phi) is 10.9. The van der Waals surface area contributed by atoms with E-state index in [-0.39, 0.29) is 36.3 Å². The van der Waals surface area contributed by atoms with Crippen LogP contribution in [0.3, 0.4) is 0 Å². The number of para-hydroxylation sites is 1. The average molecular weight is 514 g/mol. The second-order valence-electron chi connectivity index (χ2n) is 6.81. The fraction of sp³-hybridized carbons (Fsp3) is 0.632. The zero-order chi connectivity index (χ0) is 19.7. The summed E-state index contributed by atoms with van der Waals surface area (Å²) in [5.74, 6) is 1.10. The summed E-state index contributed by atoms with van der Waals surface area (Å²) in [7, 11) is 2.14. The first kappa shape index (κ1) is 24.8. The maximum Gasteiger partial charge on any atom is 0.573 e. The zero-order valence-corrected chi connectivity index (χ0v) is 18.7. The standard InChI is InChI=1S/C19H29F3N4O.HI/c1-3-23-18(24-11-8-15-9-12-26(2)13-10-15)25-14-16-6-4-5-7-17(16)27-19(20,21)22;/h4-7,15H,3,8-14H2,1-2H3,(H2,23,24,25);1H. The van der Waals surface area contributed by atoms with E-state index in [1.165, 1.54) is 25.0 Å². The van der Waals surface area contributed by atoms with Crippen molar-refractivity contribution >= 4 is 29.9 Å². The van der Waals surface area contributed by atoms with Gasteiger partial charge in [-0.25, -0.2) is 4.99 Å². The van der Waals surface area contributed by atoms with Gasteiger partial charge in [-0.05, 0) is 58.3 Å². The monoisotopic (exact) mass is 514 g/mol. The fourth-order valence-electron chi connectivity index (χ4n) is 3.11. The molecular weight excluding hydrogens is 484 g/mol. The lowest BCUT2D eigenvalue weighted by Gasteiger charge is -2.29. The minimum absolute atomic E-state index is 0. The Morgan fingerprint density at radius 3 is 2.54 bits per heavy atom. The number of piperidine rings is 1. The number of aliphatic imine (C=N–C) groups is 1. The van der Waals surface area contributed by atoms with Crippen molar-refractivity contribution < 1.29 is 17.9 Å². The highest BCUT2D eigenvalue weighted by molar-refractivity contribution is 14.0. The van der Waals surface area contributed by atoms with Crippen molar-refractivity contribution in [2.45, 2.75) is 39.1 Å². The van der Waals surface area contributed by atoms with Crippen LogP contribution in [0.2, 0.25) is 0 Å². The van der Waals surface area contributed by atoms with Crippen LogP contribution < -0.4 is 15.4 Å². The van der Waals surface area contributed by atoms with Crippen LogP contribution in [-0.4, -0.2) is 50.4 Å². The first-order chi connectivity index (χ1) is 12.9. The van der Waals surface area contributed by atoms with Gasteiger partial charge in [0.1, 0.15) is 5.75 Å². The number of guanidine groups is 1. The highest BCUT2D eigenvalue weighted by atomic mass is 127. The molecule has 2 rings (SSSR count). The van der Waals surface area contributed by atoms with Gasteiger partial charge in [-0.3, -0.25) is 0 Å². The maximum atomic E-state index is 12.5. The first-order valence-electron chi connectivity index (χ1n) is 9.41. The van der Waals surface area contributed by atoms with E-state index in [1.807, 2.05) is 6.92 Å². The molecule has 1 saturated heterocycles. The maximum absolute atomic E-state index is 12.5. The molecule has 1 fully saturated rings. The molecule has 2 N–H and O–H groups in total. The van der Waals surface area contributed by atoms with Gasteiger partial charge in [-0.2, -0.15) is 0 Å². The Morgan fingerprint density at radius 2 is 1.89 bits per heavy atom. The quantitative estimate of drug-likeness (QED) is 0.329. The minimum Gasteiger partial charge on any atom is -0.405 e. The number of benzene rings is 1. The van der Waals surface area contributed by atoms with Crippen molar-refractivity contribution in [1.29, 1.82) is 0 Å². The van der Waals surface area contributed by atoms with Gasteiger partial charge >= 0.3 is 6.36 Å². The molecule has 1 aromatic rings. The third kappa shape index (κ3) is 9.31. The smallest absolute Gasteiger partial charge is 0.405 e. The van der Waals surface area contributed by atoms with Crippen LogP contribution in [0.4, 0.5) is 13.2 Å². The van der Waals surface area contributed by atoms with Gasteiger partial charge in [0.05, 0.1) is 6.54 Å². The Hall–Kier alpha value is -1.23. The van der Waals surface area contributed by atoms with Gasteiger partial charge < -0.3 is 20.3 Å². The lowest BCUT2D eigenvalue weighted by atomic mass is 9.94. The molecular formula is C19H30F3IN4O. The van der Waals surface area contributed by atoms with E-state index >= 15 is 0 Å². The molecule has 0 aromatic heterocycles. The highest BCUT2D eigenvalue weighted by Gasteiger charge is 2.31. The largest absolute Gasteiger partial charge is 0.573 e. The van der Waals surface area contributed by atoms with Gasteiger partial charge in [0, 0.05) is 18.7 Å². The molecule has 5 nitrogen and oxygen atoms in total. The summed E-state index contributed by atoms with van der Waals surface area (Å²) < 4.78 is 41.6. The lowest BCUT2D eigenvalue weighted by molar-refractivity contribution is -0.274. The Balaban J connectivity index is 0.00000392. The molecule has 1 heterocycles. The van der Waals surface area contributed by atoms with Gasteiger partial charge in [0.15, 0.2) is 5.96 Å². The molecule has 0 radical (unpaired) electrons. The zero-order valence-electron chi connectivity index (χ0n) is 16.4. The van der Waals surface area contributed by atoms with Crippen molar-refractivity contribution in [3.8, 4) is 5.75 Å². The SMILES string of the molecule is CCNC(=NCc1ccccc1OC(F)(F)F)NCCC1CCN(C)CC1.I. The molecule has 0 bridgehead atoms. The minimum atomic E-state index is -4.71. The molecule has 1 aliphatic heterocycles. The second-order valence-corrected chi connectivity index (χ2v) is 6.81. The molecule has 28 heavy (non-hydrogen) atoms. The molecule has 1 aliphatic rings. The van der Waals surface area contributed by atoms with E-state index in [2.05, 4.69) is 32.3 Å². The van der Waals surface area contributed by atoms with Gasteiger partial charge in [0.25, 0.3) is 0 Å². The summed E-state index contributed by atoms with van der Waals surface area (Å²) >= 11 is 0. The third-order valence-corrected chi connectivity index (χ3v) is 4.63. The number of likely N-dealkylation sites (tertiary alicyclic amines) is 1. The van der Waals surface area contributed by atoms with Crippen molar-refractivity contribution in [1.82, 2.24) is 15.5 Å². The van der Waals surface area contributed by atoms with Crippen LogP contribution >= 0.6 is 24.0 Å². The van der Waals surface area contributed by atoms with Crippen LogP contribution in [0, 0.1) is 5.92 Å². The van der Waals surface area contributed by atoms with E-state index in [9.17, 15) is 13.2 Å². The Bertz CT molecular complexity index is 605. The van der Waals surface area contributed by atoms with E-state index in [4.69, 9.17) is 0 Å². The van der Waals surface area contributed by atoms with Crippen LogP contribution in [0.25, 0.3) is 0 Å². The van der Waals surface area contributed by atoms with E-state index in [0.29, 0.717) is 24.0 Å². The summed E-state index contributed by atoms with van der Waals surface area (Å²) in [5.41, 5.74) is 0.391. The number of nitrogens with one attached hydrogen (secondary N) is 2.